The molecule has 0 saturated heterocycles. The molecule has 2 aromatic heterocycles. The van der Waals surface area contributed by atoms with Crippen molar-refractivity contribution < 1.29 is 4.39 Å². The Morgan fingerprint density at radius 3 is 0.842 bits per heavy atom. The van der Waals surface area contributed by atoms with Gasteiger partial charge in [0.1, 0.15) is 5.82 Å². The van der Waals surface area contributed by atoms with E-state index >= 15 is 0 Å². The van der Waals surface area contributed by atoms with Gasteiger partial charge in [0.2, 0.25) is 0 Å². The maximum atomic E-state index is 14.7. The molecule has 6 nitrogen and oxygen atoms in total. The lowest BCUT2D eigenvalue weighted by molar-refractivity contribution is 0.630. The summed E-state index contributed by atoms with van der Waals surface area (Å²) in [4.78, 5) is 31.5. The Balaban J connectivity index is 0.712. The molecule has 19 aromatic rings. The summed E-state index contributed by atoms with van der Waals surface area (Å²) >= 11 is 0. The predicted octanol–water partition coefficient (Wildman–Crippen LogP) is 23.1. The Morgan fingerprint density at radius 1 is 0.158 bits per heavy atom. The Hall–Kier alpha value is -12.7. The Labute approximate surface area is 544 Å². The van der Waals surface area contributed by atoms with Crippen LogP contribution in [0, 0.1) is 5.82 Å². The van der Waals surface area contributed by atoms with E-state index in [9.17, 15) is 4.39 Å². The number of halogens is 1. The van der Waals surface area contributed by atoms with Gasteiger partial charge in [-0.3, -0.25) is 0 Å². The van der Waals surface area contributed by atoms with Gasteiger partial charge in [-0.05, 0) is 172 Å². The molecule has 0 spiro atoms. The van der Waals surface area contributed by atoms with Gasteiger partial charge in [-0.1, -0.05) is 267 Å². The summed E-state index contributed by atoms with van der Waals surface area (Å²) < 4.78 is 14.7. The van der Waals surface area contributed by atoms with Crippen LogP contribution in [0.4, 0.5) is 4.39 Å². The van der Waals surface area contributed by atoms with E-state index < -0.39 is 0 Å². The van der Waals surface area contributed by atoms with E-state index in [0.29, 0.717) is 34.9 Å². The van der Waals surface area contributed by atoms with Gasteiger partial charge in [0.15, 0.2) is 34.9 Å². The van der Waals surface area contributed by atoms with Gasteiger partial charge in [0, 0.05) is 33.4 Å². The molecule has 17 aromatic carbocycles. The van der Waals surface area contributed by atoms with Crippen LogP contribution in [0.2, 0.25) is 0 Å². The van der Waals surface area contributed by atoms with Crippen molar-refractivity contribution in [2.24, 2.45) is 0 Å². The fourth-order valence-electron chi connectivity index (χ4n) is 14.6. The van der Waals surface area contributed by atoms with Crippen molar-refractivity contribution in [3.05, 3.63) is 315 Å². The van der Waals surface area contributed by atoms with Crippen LogP contribution in [-0.2, 0) is 0 Å². The zero-order valence-corrected chi connectivity index (χ0v) is 51.0. The maximum absolute atomic E-state index is 14.7. The van der Waals surface area contributed by atoms with Gasteiger partial charge in [0.25, 0.3) is 0 Å². The molecule has 7 heteroatoms. The van der Waals surface area contributed by atoms with Crippen LogP contribution in [0.1, 0.15) is 0 Å². The molecule has 440 valence electrons. The van der Waals surface area contributed by atoms with E-state index in [4.69, 9.17) is 29.9 Å². The smallest absolute Gasteiger partial charge is 0.164 e. The minimum Gasteiger partial charge on any atom is -0.208 e. The molecule has 0 radical (unpaired) electrons. The number of hydrogen-bond donors (Lipinski definition) is 0. The monoisotopic (exact) mass is 1210 g/mol. The van der Waals surface area contributed by atoms with Gasteiger partial charge in [-0.25, -0.2) is 34.3 Å². The topological polar surface area (TPSA) is 77.3 Å². The van der Waals surface area contributed by atoms with Crippen LogP contribution in [0.25, 0.3) is 198 Å². The van der Waals surface area contributed by atoms with Crippen LogP contribution in [0.5, 0.6) is 0 Å². The zero-order valence-electron chi connectivity index (χ0n) is 51.0. The number of aromatic nitrogens is 6. The molecular formula is C88H51FN6. The zero-order chi connectivity index (χ0) is 62.7. The van der Waals surface area contributed by atoms with Crippen molar-refractivity contribution in [1.82, 2.24) is 29.9 Å². The molecule has 0 amide bonds. The molecule has 0 atom stereocenters. The molecule has 0 N–H and O–H groups in total. The summed E-state index contributed by atoms with van der Waals surface area (Å²) in [6, 6.07) is 108. The van der Waals surface area contributed by atoms with Crippen LogP contribution >= 0.6 is 0 Å². The van der Waals surface area contributed by atoms with Crippen molar-refractivity contribution in [1.29, 1.82) is 0 Å². The Kier molecular flexibility index (Phi) is 12.4. The molecule has 95 heavy (non-hydrogen) atoms. The summed E-state index contributed by atoms with van der Waals surface area (Å²) in [5.74, 6) is 3.28. The van der Waals surface area contributed by atoms with Gasteiger partial charge >= 0.3 is 0 Å². The van der Waals surface area contributed by atoms with Gasteiger partial charge in [0.05, 0.1) is 0 Å². The number of fused-ring (bicyclic) bond motifs is 19. The summed E-state index contributed by atoms with van der Waals surface area (Å²) in [5, 5.41) is 22.3. The first-order valence-electron chi connectivity index (χ1n) is 32.0. The second kappa shape index (κ2) is 21.7. The normalized spacial score (nSPS) is 11.8. The van der Waals surface area contributed by atoms with Crippen LogP contribution in [0.3, 0.4) is 0 Å². The molecule has 0 saturated carbocycles. The van der Waals surface area contributed by atoms with Crippen molar-refractivity contribution >= 4 is 108 Å². The minimum atomic E-state index is -0.256. The average Bonchev–Trinajstić information content (AvgIpc) is 0.760. The van der Waals surface area contributed by atoms with Crippen molar-refractivity contribution in [2.75, 3.05) is 0 Å². The third-order valence-electron chi connectivity index (χ3n) is 19.2. The minimum absolute atomic E-state index is 0.256. The molecule has 0 bridgehead atoms. The molecule has 19 rings (SSSR count). The maximum Gasteiger partial charge on any atom is 0.164 e. The summed E-state index contributed by atoms with van der Waals surface area (Å²) in [7, 11) is 0. The first-order chi connectivity index (χ1) is 47.0. The first kappa shape index (κ1) is 54.1. The first-order valence-corrected chi connectivity index (χ1v) is 32.0. The van der Waals surface area contributed by atoms with E-state index in [1.165, 1.54) is 38.4 Å². The molecule has 0 aliphatic heterocycles. The molecule has 2 heterocycles. The van der Waals surface area contributed by atoms with E-state index in [2.05, 4.69) is 243 Å². The average molecular weight is 1210 g/mol. The van der Waals surface area contributed by atoms with Gasteiger partial charge in [-0.2, -0.15) is 0 Å². The SMILES string of the molecule is Fc1ccc2c3ccc(-c4nc(-c5ccccc5)nc(-c5ccc6c(-c7ccc8c9ccc(-c%10nc(-c%11ccc(-c%12ccccc%12)cc%11)nc(-c%11ccc%12c%13ccccc%13c%13ccccc%13c%12c%11)n%10)cc9c9ccccc9c8c7)cccc6c5)n4)cc3c3ccccc3c2c1. The highest BCUT2D eigenvalue weighted by Crippen LogP contribution is 2.43. The lowest BCUT2D eigenvalue weighted by atomic mass is 9.90. The molecular weight excluding hydrogens is 1160 g/mol. The van der Waals surface area contributed by atoms with Crippen molar-refractivity contribution in [3.63, 3.8) is 0 Å². The third kappa shape index (κ3) is 9.08. The largest absolute Gasteiger partial charge is 0.208 e. The van der Waals surface area contributed by atoms with E-state index in [1.54, 1.807) is 6.07 Å². The lowest BCUT2D eigenvalue weighted by Crippen LogP contribution is -2.00. The highest BCUT2D eigenvalue weighted by molar-refractivity contribution is 6.28. The molecule has 0 aliphatic rings. The van der Waals surface area contributed by atoms with E-state index in [1.807, 2.05) is 54.6 Å². The Morgan fingerprint density at radius 2 is 0.421 bits per heavy atom. The Bertz CT molecular complexity index is 6340. The summed E-state index contributed by atoms with van der Waals surface area (Å²) in [6.45, 7) is 0. The van der Waals surface area contributed by atoms with Crippen molar-refractivity contribution in [2.45, 2.75) is 0 Å². The number of nitrogens with zero attached hydrogens (tertiary/aromatic N) is 6. The quantitative estimate of drug-likeness (QED) is 0.141. The predicted molar refractivity (Wildman–Crippen MR) is 392 cm³/mol. The van der Waals surface area contributed by atoms with E-state index in [0.717, 1.165) is 131 Å². The number of benzene rings is 17. The second-order valence-corrected chi connectivity index (χ2v) is 24.6. The van der Waals surface area contributed by atoms with Crippen LogP contribution in [-0.4, -0.2) is 29.9 Å². The van der Waals surface area contributed by atoms with E-state index in [-0.39, 0.29) is 5.82 Å². The molecule has 0 fully saturated rings. The fraction of sp³-hybridized carbons (Fsp3) is 0. The fourth-order valence-corrected chi connectivity index (χ4v) is 14.6. The van der Waals surface area contributed by atoms with Crippen LogP contribution in [0.15, 0.2) is 309 Å². The highest BCUT2D eigenvalue weighted by Gasteiger charge is 2.21. The third-order valence-corrected chi connectivity index (χ3v) is 19.2. The lowest BCUT2D eigenvalue weighted by Gasteiger charge is -2.15. The van der Waals surface area contributed by atoms with Crippen molar-refractivity contribution in [3.8, 4) is 90.6 Å². The van der Waals surface area contributed by atoms with Gasteiger partial charge in [-0.15, -0.1) is 0 Å². The summed E-state index contributed by atoms with van der Waals surface area (Å²) in [6.07, 6.45) is 0. The number of rotatable bonds is 8. The summed E-state index contributed by atoms with van der Waals surface area (Å²) in [5.41, 5.74) is 9.87. The van der Waals surface area contributed by atoms with Crippen LogP contribution < -0.4 is 0 Å². The molecule has 0 aliphatic carbocycles. The number of hydrogen-bond acceptors (Lipinski definition) is 6. The second-order valence-electron chi connectivity index (χ2n) is 24.6. The highest BCUT2D eigenvalue weighted by atomic mass is 19.1. The van der Waals surface area contributed by atoms with Gasteiger partial charge < -0.3 is 0 Å². The standard InChI is InChI=1S/C88H51FN6/c89-62-39-45-77-76-44-38-60(50-81(76)71-27-13-14-28-72(71)82(77)51-62)86-91-83(54-18-5-2-6-19-54)90-85(94-86)58-35-40-64-56(46-58)20-15-29-63(64)57-34-41-74-75-43-37-61(49-80(75)70-26-12-11-25-69(70)78(74)47-57)88-93-84(55-32-30-53(31-33-55)52-16-3-1-4-17-52)92-87(95-88)59-36-42-73-67-23-8-7-21-65(67)66-22-9-10-24-68(66)79(73)48-59/h1-51H. The molecule has 0 unspecified atom stereocenters.